The molecule has 1 saturated heterocycles. The zero-order valence-corrected chi connectivity index (χ0v) is 28.2. The molecular weight excluding hydrogens is 622 g/mol. The minimum Gasteiger partial charge on any atom is -0.457 e. The van der Waals surface area contributed by atoms with Crippen molar-refractivity contribution in [2.75, 3.05) is 13.1 Å². The summed E-state index contributed by atoms with van der Waals surface area (Å²) in [5.41, 5.74) is 1.96. The topological polar surface area (TPSA) is 146 Å². The lowest BCUT2D eigenvalue weighted by molar-refractivity contribution is -0.138. The quantitative estimate of drug-likeness (QED) is 0.296. The number of rotatable bonds is 6. The molecule has 49 heavy (non-hydrogen) atoms. The summed E-state index contributed by atoms with van der Waals surface area (Å²) in [6.07, 6.45) is 1.97. The summed E-state index contributed by atoms with van der Waals surface area (Å²) in [6.45, 7) is 6.26. The lowest BCUT2D eigenvalue weighted by Crippen LogP contribution is -2.58. The number of benzene rings is 3. The van der Waals surface area contributed by atoms with Crippen LogP contribution >= 0.6 is 0 Å². The van der Waals surface area contributed by atoms with Crippen LogP contribution in [-0.2, 0) is 32.0 Å². The van der Waals surface area contributed by atoms with Crippen LogP contribution in [0, 0.1) is 5.92 Å². The first-order valence-corrected chi connectivity index (χ1v) is 16.9. The van der Waals surface area contributed by atoms with Crippen molar-refractivity contribution in [1.29, 1.82) is 0 Å². The highest BCUT2D eigenvalue weighted by atomic mass is 16.5. The highest BCUT2D eigenvalue weighted by Crippen LogP contribution is 2.24. The molecule has 0 aliphatic carbocycles. The number of amides is 5. The van der Waals surface area contributed by atoms with Crippen molar-refractivity contribution in [3.63, 3.8) is 0 Å². The van der Waals surface area contributed by atoms with E-state index in [0.717, 1.165) is 11.1 Å². The maximum absolute atomic E-state index is 14.0. The summed E-state index contributed by atoms with van der Waals surface area (Å²) in [5.74, 6) is -0.770. The van der Waals surface area contributed by atoms with Gasteiger partial charge in [0.25, 0.3) is 5.91 Å². The van der Waals surface area contributed by atoms with Crippen molar-refractivity contribution in [2.24, 2.45) is 5.92 Å². The SMILES string of the molecule is CC(=O)NC1CCN(C(=O)[C@@H]2Cc3ccc(cc3)Oc3cccc(c3)C(=O)N[C@H](Cc3ccccc3)C(=O)N[C@@H](CC(C)C)C(=O)N2)CC1. The van der Waals surface area contributed by atoms with E-state index in [-0.39, 0.29) is 36.6 Å². The van der Waals surface area contributed by atoms with E-state index in [2.05, 4.69) is 21.3 Å². The zero-order valence-electron chi connectivity index (χ0n) is 28.2. The van der Waals surface area contributed by atoms with Gasteiger partial charge in [-0.25, -0.2) is 0 Å². The molecule has 0 aromatic heterocycles. The first-order valence-electron chi connectivity index (χ1n) is 16.9. The third-order valence-corrected chi connectivity index (χ3v) is 8.77. The molecule has 5 amide bonds. The second-order valence-corrected chi connectivity index (χ2v) is 13.2. The number of nitrogens with one attached hydrogen (secondary N) is 4. The van der Waals surface area contributed by atoms with E-state index in [4.69, 9.17) is 4.74 Å². The van der Waals surface area contributed by atoms with Gasteiger partial charge in [0.1, 0.15) is 29.6 Å². The highest BCUT2D eigenvalue weighted by molar-refractivity contribution is 5.99. The molecule has 3 aliphatic heterocycles. The Balaban J connectivity index is 1.47. The Morgan fingerprint density at radius 3 is 2.20 bits per heavy atom. The largest absolute Gasteiger partial charge is 0.457 e. The molecule has 3 heterocycles. The maximum atomic E-state index is 14.0. The second-order valence-electron chi connectivity index (χ2n) is 13.2. The van der Waals surface area contributed by atoms with Crippen molar-refractivity contribution in [3.8, 4) is 11.5 Å². The average Bonchev–Trinajstić information content (AvgIpc) is 3.08. The van der Waals surface area contributed by atoms with Crippen molar-refractivity contribution in [3.05, 3.63) is 95.6 Å². The van der Waals surface area contributed by atoms with Gasteiger partial charge in [0, 0.05) is 44.5 Å². The highest BCUT2D eigenvalue weighted by Gasteiger charge is 2.33. The Kier molecular flexibility index (Phi) is 11.7. The van der Waals surface area contributed by atoms with E-state index in [0.29, 0.717) is 49.4 Å². The van der Waals surface area contributed by atoms with Crippen molar-refractivity contribution >= 4 is 29.5 Å². The Bertz CT molecular complexity index is 1640. The molecule has 3 aliphatic rings. The van der Waals surface area contributed by atoms with Crippen molar-refractivity contribution in [2.45, 2.75) is 77.0 Å². The normalized spacial score (nSPS) is 20.7. The number of hydrogen-bond acceptors (Lipinski definition) is 6. The van der Waals surface area contributed by atoms with E-state index < -0.39 is 35.8 Å². The Morgan fingerprint density at radius 2 is 1.53 bits per heavy atom. The Hall–Kier alpha value is -5.19. The predicted octanol–water partition coefficient (Wildman–Crippen LogP) is 3.52. The number of fused-ring (bicyclic) bond motifs is 11. The minimum atomic E-state index is -0.991. The third kappa shape index (κ3) is 9.91. The van der Waals surface area contributed by atoms with Crippen LogP contribution in [0.3, 0.4) is 0 Å². The lowest BCUT2D eigenvalue weighted by atomic mass is 9.98. The van der Waals surface area contributed by atoms with E-state index in [1.807, 2.05) is 56.3 Å². The molecule has 11 nitrogen and oxygen atoms in total. The van der Waals surface area contributed by atoms with E-state index in [9.17, 15) is 24.0 Å². The van der Waals surface area contributed by atoms with Gasteiger partial charge in [0.15, 0.2) is 0 Å². The van der Waals surface area contributed by atoms with Crippen molar-refractivity contribution in [1.82, 2.24) is 26.2 Å². The number of likely N-dealkylation sites (tertiary alicyclic amines) is 1. The fraction of sp³-hybridized carbons (Fsp3) is 0.395. The number of nitrogens with zero attached hydrogens (tertiary/aromatic N) is 1. The van der Waals surface area contributed by atoms with Gasteiger partial charge in [-0.3, -0.25) is 24.0 Å². The molecule has 0 spiro atoms. The number of hydrogen-bond donors (Lipinski definition) is 4. The van der Waals surface area contributed by atoms with Gasteiger partial charge in [-0.1, -0.05) is 62.4 Å². The molecule has 4 N–H and O–H groups in total. The molecule has 0 saturated carbocycles. The van der Waals surface area contributed by atoms with Gasteiger partial charge < -0.3 is 30.9 Å². The average molecular weight is 668 g/mol. The molecule has 6 rings (SSSR count). The Morgan fingerprint density at radius 1 is 0.837 bits per heavy atom. The second kappa shape index (κ2) is 16.3. The first kappa shape index (κ1) is 35.1. The summed E-state index contributed by atoms with van der Waals surface area (Å²) in [5, 5.41) is 11.7. The molecule has 4 bridgehead atoms. The first-order chi connectivity index (χ1) is 23.5. The van der Waals surface area contributed by atoms with Gasteiger partial charge >= 0.3 is 0 Å². The number of ether oxygens (including phenoxy) is 1. The molecule has 1 fully saturated rings. The van der Waals surface area contributed by atoms with Crippen molar-refractivity contribution < 1.29 is 28.7 Å². The zero-order chi connectivity index (χ0) is 34.9. The molecule has 11 heteroatoms. The summed E-state index contributed by atoms with van der Waals surface area (Å²) >= 11 is 0. The fourth-order valence-electron chi connectivity index (χ4n) is 6.27. The van der Waals surface area contributed by atoms with E-state index >= 15 is 0 Å². The van der Waals surface area contributed by atoms with Crippen LogP contribution < -0.4 is 26.0 Å². The smallest absolute Gasteiger partial charge is 0.252 e. The van der Waals surface area contributed by atoms with Gasteiger partial charge in [-0.2, -0.15) is 0 Å². The van der Waals surface area contributed by atoms with E-state index in [1.165, 1.54) is 6.92 Å². The molecule has 0 unspecified atom stereocenters. The molecule has 258 valence electrons. The summed E-state index contributed by atoms with van der Waals surface area (Å²) in [7, 11) is 0. The van der Waals surface area contributed by atoms with Gasteiger partial charge in [0.2, 0.25) is 23.6 Å². The van der Waals surface area contributed by atoms with Crippen LogP contribution in [0.15, 0.2) is 78.9 Å². The summed E-state index contributed by atoms with van der Waals surface area (Å²) < 4.78 is 6.05. The molecule has 0 radical (unpaired) electrons. The third-order valence-electron chi connectivity index (χ3n) is 8.77. The fourth-order valence-corrected chi connectivity index (χ4v) is 6.27. The van der Waals surface area contributed by atoms with Crippen LogP contribution in [0.1, 0.15) is 61.5 Å². The van der Waals surface area contributed by atoms with Gasteiger partial charge in [-0.05, 0) is 66.6 Å². The monoisotopic (exact) mass is 667 g/mol. The number of piperidine rings is 1. The van der Waals surface area contributed by atoms with Crippen LogP contribution in [0.5, 0.6) is 11.5 Å². The predicted molar refractivity (Wildman–Crippen MR) is 185 cm³/mol. The number of carbonyl (C=O) groups excluding carboxylic acids is 5. The van der Waals surface area contributed by atoms with Crippen LogP contribution in [-0.4, -0.2) is 71.7 Å². The van der Waals surface area contributed by atoms with Gasteiger partial charge in [-0.15, -0.1) is 0 Å². The van der Waals surface area contributed by atoms with Crippen LogP contribution in [0.2, 0.25) is 0 Å². The molecular formula is C38H45N5O6. The standard InChI is InChI=1S/C38H45N5O6/c1-24(2)20-32-36(46)42-34(38(48)43-18-16-29(17-19-43)39-25(3)44)22-27-12-14-30(15-13-27)49-31-11-7-10-28(23-31)35(45)40-33(37(47)41-32)21-26-8-5-4-6-9-26/h4-15,23-24,29,32-34H,16-22H2,1-3H3,(H,39,44)(H,40,45)(H,41,47)(H,42,46)/t32-,33+,34-/m0/s1. The van der Waals surface area contributed by atoms with E-state index in [1.54, 1.807) is 41.3 Å². The van der Waals surface area contributed by atoms with Gasteiger partial charge in [0.05, 0.1) is 0 Å². The van der Waals surface area contributed by atoms with Crippen LogP contribution in [0.4, 0.5) is 0 Å². The molecule has 3 aromatic rings. The molecule has 3 atom stereocenters. The summed E-state index contributed by atoms with van der Waals surface area (Å²) in [4.78, 5) is 68.8. The lowest BCUT2D eigenvalue weighted by Gasteiger charge is -2.35. The summed E-state index contributed by atoms with van der Waals surface area (Å²) in [6, 6.07) is 20.4. The Labute approximate surface area is 287 Å². The van der Waals surface area contributed by atoms with Crippen LogP contribution in [0.25, 0.3) is 0 Å². The number of carbonyl (C=O) groups is 5. The molecule has 3 aromatic carbocycles. The minimum absolute atomic E-state index is 0.00960. The maximum Gasteiger partial charge on any atom is 0.252 e.